The molecule has 182 valence electrons. The van der Waals surface area contributed by atoms with Crippen LogP contribution in [0.1, 0.15) is 12.8 Å². The smallest absolute Gasteiger partial charge is 0.230 e. The van der Waals surface area contributed by atoms with Crippen LogP contribution in [0.4, 0.5) is 0 Å². The van der Waals surface area contributed by atoms with Gasteiger partial charge in [-0.15, -0.1) is 10.2 Å². The number of hydrogen-bond acceptors (Lipinski definition) is 7. The lowest BCUT2D eigenvalue weighted by Gasteiger charge is -2.15. The van der Waals surface area contributed by atoms with E-state index in [2.05, 4.69) is 20.5 Å². The van der Waals surface area contributed by atoms with Crippen LogP contribution in [-0.4, -0.2) is 64.9 Å². The second-order valence-electron chi connectivity index (χ2n) is 8.16. The van der Waals surface area contributed by atoms with Crippen molar-refractivity contribution in [1.82, 2.24) is 25.1 Å². The van der Waals surface area contributed by atoms with Gasteiger partial charge < -0.3 is 24.5 Å². The van der Waals surface area contributed by atoms with Gasteiger partial charge in [0.15, 0.2) is 11.0 Å². The Kier molecular flexibility index (Phi) is 6.91. The molecule has 35 heavy (non-hydrogen) atoms. The quantitative estimate of drug-likeness (QED) is 0.342. The topological polar surface area (TPSA) is 103 Å². The van der Waals surface area contributed by atoms with Gasteiger partial charge in [0, 0.05) is 41.9 Å². The van der Waals surface area contributed by atoms with Crippen LogP contribution in [0.15, 0.2) is 53.8 Å². The highest BCUT2D eigenvalue weighted by atomic mass is 32.2. The third-order valence-corrected chi connectivity index (χ3v) is 6.90. The van der Waals surface area contributed by atoms with E-state index in [1.54, 1.807) is 14.2 Å². The minimum Gasteiger partial charge on any atom is -0.497 e. The monoisotopic (exact) mass is 493 g/mol. The minimum absolute atomic E-state index is 0.0775. The average Bonchev–Trinajstić information content (AvgIpc) is 3.65. The van der Waals surface area contributed by atoms with Gasteiger partial charge in [-0.1, -0.05) is 30.0 Å². The van der Waals surface area contributed by atoms with Crippen molar-refractivity contribution in [2.75, 3.05) is 33.1 Å². The molecule has 4 aromatic rings. The molecule has 1 aliphatic heterocycles. The molecular formula is C25H27N5O4S. The summed E-state index contributed by atoms with van der Waals surface area (Å²) in [7, 11) is 3.23. The SMILES string of the molecule is COc1ccc(OC)c(-n2c(SCC(=O)NC[C@H]3CCCO3)nnc2-c2c[nH]c3ccccc23)c1. The van der Waals surface area contributed by atoms with Gasteiger partial charge in [-0.3, -0.25) is 9.36 Å². The number of nitrogens with zero attached hydrogens (tertiary/aromatic N) is 3. The maximum Gasteiger partial charge on any atom is 0.230 e. The van der Waals surface area contributed by atoms with Crippen LogP contribution in [0.25, 0.3) is 28.0 Å². The van der Waals surface area contributed by atoms with E-state index < -0.39 is 0 Å². The molecule has 1 amide bonds. The summed E-state index contributed by atoms with van der Waals surface area (Å²) in [6.07, 6.45) is 4.03. The predicted octanol–water partition coefficient (Wildman–Crippen LogP) is 3.82. The Morgan fingerprint density at radius 2 is 2.11 bits per heavy atom. The van der Waals surface area contributed by atoms with Crippen LogP contribution < -0.4 is 14.8 Å². The Balaban J connectivity index is 1.50. The van der Waals surface area contributed by atoms with Crippen LogP contribution in [0.2, 0.25) is 0 Å². The average molecular weight is 494 g/mol. The highest BCUT2D eigenvalue weighted by Crippen LogP contribution is 2.36. The zero-order chi connectivity index (χ0) is 24.2. The van der Waals surface area contributed by atoms with Crippen molar-refractivity contribution in [3.05, 3.63) is 48.7 Å². The van der Waals surface area contributed by atoms with Crippen molar-refractivity contribution >= 4 is 28.6 Å². The van der Waals surface area contributed by atoms with E-state index in [-0.39, 0.29) is 17.8 Å². The van der Waals surface area contributed by atoms with E-state index >= 15 is 0 Å². The summed E-state index contributed by atoms with van der Waals surface area (Å²) in [5.41, 5.74) is 2.62. The molecule has 0 unspecified atom stereocenters. The number of carbonyl (C=O) groups excluding carboxylic acids is 1. The highest BCUT2D eigenvalue weighted by Gasteiger charge is 2.23. The summed E-state index contributed by atoms with van der Waals surface area (Å²) < 4.78 is 18.6. The van der Waals surface area contributed by atoms with Crippen LogP contribution in [0, 0.1) is 0 Å². The van der Waals surface area contributed by atoms with Crippen molar-refractivity contribution in [2.45, 2.75) is 24.1 Å². The molecule has 1 aliphatic rings. The number of H-pyrrole nitrogens is 1. The number of aromatic nitrogens is 4. The zero-order valence-electron chi connectivity index (χ0n) is 19.6. The molecule has 9 nitrogen and oxygen atoms in total. The number of ether oxygens (including phenoxy) is 3. The molecule has 1 fully saturated rings. The molecule has 0 bridgehead atoms. The maximum absolute atomic E-state index is 12.6. The molecule has 0 radical (unpaired) electrons. The van der Waals surface area contributed by atoms with Gasteiger partial charge in [-0.25, -0.2) is 0 Å². The first-order chi connectivity index (χ1) is 17.2. The standard InChI is InChI=1S/C25H27N5O4S/c1-32-16-9-10-22(33-2)21(12-16)30-24(19-14-26-20-8-4-3-7-18(19)20)28-29-25(30)35-15-23(31)27-13-17-6-5-11-34-17/h3-4,7-10,12,14,17,26H,5-6,11,13,15H2,1-2H3,(H,27,31)/t17-/m1/s1. The van der Waals surface area contributed by atoms with Crippen LogP contribution >= 0.6 is 11.8 Å². The van der Waals surface area contributed by atoms with Crippen molar-refractivity contribution < 1.29 is 19.0 Å². The molecule has 0 spiro atoms. The Morgan fingerprint density at radius 3 is 2.91 bits per heavy atom. The summed E-state index contributed by atoms with van der Waals surface area (Å²) in [5, 5.41) is 13.5. The number of aromatic amines is 1. The number of rotatable bonds is 9. The molecular weight excluding hydrogens is 466 g/mol. The molecule has 2 N–H and O–H groups in total. The second kappa shape index (κ2) is 10.4. The molecule has 3 heterocycles. The summed E-state index contributed by atoms with van der Waals surface area (Å²) in [4.78, 5) is 15.9. The second-order valence-corrected chi connectivity index (χ2v) is 9.10. The van der Waals surface area contributed by atoms with Crippen molar-refractivity contribution in [2.24, 2.45) is 0 Å². The zero-order valence-corrected chi connectivity index (χ0v) is 20.4. The molecule has 5 rings (SSSR count). The van der Waals surface area contributed by atoms with E-state index in [4.69, 9.17) is 14.2 Å². The molecule has 1 atom stereocenters. The number of para-hydroxylation sites is 1. The summed E-state index contributed by atoms with van der Waals surface area (Å²) in [6, 6.07) is 13.6. The lowest BCUT2D eigenvalue weighted by Crippen LogP contribution is -2.32. The fourth-order valence-electron chi connectivity index (χ4n) is 4.20. The molecule has 2 aromatic carbocycles. The molecule has 0 aliphatic carbocycles. The van der Waals surface area contributed by atoms with E-state index in [9.17, 15) is 4.79 Å². The van der Waals surface area contributed by atoms with Crippen LogP contribution in [0.5, 0.6) is 11.5 Å². The van der Waals surface area contributed by atoms with Crippen molar-refractivity contribution in [3.63, 3.8) is 0 Å². The maximum atomic E-state index is 12.6. The predicted molar refractivity (Wildman–Crippen MR) is 134 cm³/mol. The number of benzene rings is 2. The van der Waals surface area contributed by atoms with Gasteiger partial charge in [0.25, 0.3) is 0 Å². The number of nitrogens with one attached hydrogen (secondary N) is 2. The van der Waals surface area contributed by atoms with Crippen LogP contribution in [-0.2, 0) is 9.53 Å². The van der Waals surface area contributed by atoms with Gasteiger partial charge in [-0.2, -0.15) is 0 Å². The van der Waals surface area contributed by atoms with E-state index in [1.165, 1.54) is 11.8 Å². The van der Waals surface area contributed by atoms with E-state index in [1.807, 2.05) is 53.2 Å². The number of amides is 1. The third-order valence-electron chi connectivity index (χ3n) is 5.97. The summed E-state index contributed by atoms with van der Waals surface area (Å²) in [5.74, 6) is 2.06. The first-order valence-corrected chi connectivity index (χ1v) is 12.4. The van der Waals surface area contributed by atoms with Gasteiger partial charge in [0.1, 0.15) is 11.5 Å². The van der Waals surface area contributed by atoms with E-state index in [0.29, 0.717) is 29.0 Å². The molecule has 10 heteroatoms. The molecule has 0 saturated carbocycles. The fourth-order valence-corrected chi connectivity index (χ4v) is 4.97. The highest BCUT2D eigenvalue weighted by molar-refractivity contribution is 7.99. The Labute approximate surface area is 207 Å². The number of hydrogen-bond donors (Lipinski definition) is 2. The van der Waals surface area contributed by atoms with Gasteiger partial charge in [0.2, 0.25) is 5.91 Å². The fraction of sp³-hybridized carbons (Fsp3) is 0.320. The minimum atomic E-state index is -0.0775. The number of carbonyl (C=O) groups is 1. The summed E-state index contributed by atoms with van der Waals surface area (Å²) in [6.45, 7) is 1.29. The Morgan fingerprint density at radius 1 is 1.23 bits per heavy atom. The van der Waals surface area contributed by atoms with E-state index in [0.717, 1.165) is 41.6 Å². The van der Waals surface area contributed by atoms with Crippen LogP contribution in [0.3, 0.4) is 0 Å². The van der Waals surface area contributed by atoms with Gasteiger partial charge in [-0.05, 0) is 31.0 Å². The van der Waals surface area contributed by atoms with Crippen molar-refractivity contribution in [1.29, 1.82) is 0 Å². The largest absolute Gasteiger partial charge is 0.497 e. The summed E-state index contributed by atoms with van der Waals surface area (Å²) >= 11 is 1.32. The molecule has 1 saturated heterocycles. The number of thioether (sulfide) groups is 1. The normalized spacial score (nSPS) is 15.4. The number of fused-ring (bicyclic) bond motifs is 1. The lowest BCUT2D eigenvalue weighted by atomic mass is 10.1. The molecule has 2 aromatic heterocycles. The van der Waals surface area contributed by atoms with Gasteiger partial charge in [0.05, 0.1) is 31.8 Å². The Bertz CT molecular complexity index is 1330. The lowest BCUT2D eigenvalue weighted by molar-refractivity contribution is -0.119. The Hall–Kier alpha value is -3.50. The first-order valence-electron chi connectivity index (χ1n) is 11.4. The first kappa shape index (κ1) is 23.3. The van der Waals surface area contributed by atoms with Gasteiger partial charge >= 0.3 is 0 Å². The number of methoxy groups -OCH3 is 2. The third kappa shape index (κ3) is 4.85. The van der Waals surface area contributed by atoms with Crippen molar-refractivity contribution in [3.8, 4) is 28.6 Å².